The molecule has 2 heteroatoms. The Hall–Kier alpha value is -2.22. The minimum absolute atomic E-state index is 0.0105. The molecule has 0 saturated heterocycles. The molecule has 0 atom stereocenters. The maximum Gasteiger partial charge on any atom is 0.0684 e. The first-order valence-electron chi connectivity index (χ1n) is 9.24. The van der Waals surface area contributed by atoms with Gasteiger partial charge in [-0.15, -0.1) is 0 Å². The molecule has 25 heavy (non-hydrogen) atoms. The van der Waals surface area contributed by atoms with Crippen LogP contribution in [0.2, 0.25) is 0 Å². The summed E-state index contributed by atoms with van der Waals surface area (Å²) in [6.07, 6.45) is 9.08. The van der Waals surface area contributed by atoms with Crippen LogP contribution in [0.25, 0.3) is 0 Å². The van der Waals surface area contributed by atoms with Gasteiger partial charge in [0.25, 0.3) is 0 Å². The molecule has 2 nitrogen and oxygen atoms in total. The second-order valence-electron chi connectivity index (χ2n) is 7.44. The summed E-state index contributed by atoms with van der Waals surface area (Å²) in [5, 5.41) is 0. The highest BCUT2D eigenvalue weighted by Gasteiger charge is 2.30. The van der Waals surface area contributed by atoms with Crippen LogP contribution in [-0.4, -0.2) is 12.4 Å². The number of aliphatic imine (C=N–C) groups is 2. The molecule has 0 heterocycles. The fourth-order valence-electron chi connectivity index (χ4n) is 3.73. The summed E-state index contributed by atoms with van der Waals surface area (Å²) in [6, 6.07) is 12.7. The van der Waals surface area contributed by atoms with Crippen LogP contribution in [0.3, 0.4) is 0 Å². The van der Waals surface area contributed by atoms with E-state index in [4.69, 9.17) is 9.98 Å². The summed E-state index contributed by atoms with van der Waals surface area (Å²) in [5.74, 6) is 0. The minimum Gasteiger partial charge on any atom is -0.260 e. The highest BCUT2D eigenvalue weighted by molar-refractivity contribution is 5.92. The van der Waals surface area contributed by atoms with E-state index in [1.165, 1.54) is 35.1 Å². The lowest BCUT2D eigenvalue weighted by Gasteiger charge is -2.19. The summed E-state index contributed by atoms with van der Waals surface area (Å²) in [6.45, 7) is 8.52. The number of rotatable bonds is 4. The summed E-state index contributed by atoms with van der Waals surface area (Å²) < 4.78 is 0. The third-order valence-corrected chi connectivity index (χ3v) is 5.31. The van der Waals surface area contributed by atoms with E-state index in [9.17, 15) is 0 Å². The van der Waals surface area contributed by atoms with E-state index in [2.05, 4.69) is 76.5 Å². The van der Waals surface area contributed by atoms with Crippen molar-refractivity contribution in [1.82, 2.24) is 0 Å². The Labute approximate surface area is 151 Å². The smallest absolute Gasteiger partial charge is 0.0684 e. The monoisotopic (exact) mass is 332 g/mol. The van der Waals surface area contributed by atoms with Crippen molar-refractivity contribution in [3.63, 3.8) is 0 Å². The Kier molecular flexibility index (Phi) is 5.17. The van der Waals surface area contributed by atoms with Crippen molar-refractivity contribution in [1.29, 1.82) is 0 Å². The van der Waals surface area contributed by atoms with Gasteiger partial charge in [0.2, 0.25) is 0 Å². The van der Waals surface area contributed by atoms with Crippen molar-refractivity contribution in [2.24, 2.45) is 15.4 Å². The topological polar surface area (TPSA) is 24.7 Å². The van der Waals surface area contributed by atoms with Crippen LogP contribution in [0.5, 0.6) is 0 Å². The third-order valence-electron chi connectivity index (χ3n) is 5.31. The normalized spacial score (nSPS) is 17.0. The van der Waals surface area contributed by atoms with Crippen LogP contribution >= 0.6 is 0 Å². The van der Waals surface area contributed by atoms with Crippen LogP contribution in [0.4, 0.5) is 11.4 Å². The molecule has 3 rings (SSSR count). The molecule has 1 saturated carbocycles. The zero-order valence-electron chi connectivity index (χ0n) is 15.8. The second-order valence-corrected chi connectivity index (χ2v) is 7.44. The van der Waals surface area contributed by atoms with Gasteiger partial charge in [-0.05, 0) is 62.8 Å². The number of aryl methyl sites for hydroxylation is 4. The molecule has 130 valence electrons. The van der Waals surface area contributed by atoms with Gasteiger partial charge in [0.05, 0.1) is 11.4 Å². The van der Waals surface area contributed by atoms with Crippen LogP contribution in [0.1, 0.15) is 47.9 Å². The van der Waals surface area contributed by atoms with E-state index in [0.29, 0.717) is 0 Å². The quantitative estimate of drug-likeness (QED) is 0.565. The molecule has 2 aromatic rings. The first-order valence-corrected chi connectivity index (χ1v) is 9.24. The zero-order chi connectivity index (χ0) is 17.9. The van der Waals surface area contributed by atoms with Gasteiger partial charge >= 0.3 is 0 Å². The Morgan fingerprint density at radius 1 is 0.680 bits per heavy atom. The number of para-hydroxylation sites is 2. The van der Waals surface area contributed by atoms with Crippen molar-refractivity contribution in [2.75, 3.05) is 0 Å². The lowest BCUT2D eigenvalue weighted by molar-refractivity contribution is 0.629. The standard InChI is InChI=1S/C23H28N2/c1-17-9-7-10-18(2)21(17)24-15-23(13-5-6-14-23)16-25-22-19(3)11-8-12-20(22)4/h7-12,15-16H,5-6,13-14H2,1-4H3. The Balaban J connectivity index is 1.92. The third kappa shape index (κ3) is 3.89. The summed E-state index contributed by atoms with van der Waals surface area (Å²) >= 11 is 0. The van der Waals surface area contributed by atoms with Gasteiger partial charge in [-0.2, -0.15) is 0 Å². The van der Waals surface area contributed by atoms with Gasteiger partial charge in [-0.3, -0.25) is 9.98 Å². The fourth-order valence-corrected chi connectivity index (χ4v) is 3.73. The van der Waals surface area contributed by atoms with Crippen LogP contribution in [0, 0.1) is 33.1 Å². The molecule has 0 unspecified atom stereocenters. The molecule has 1 fully saturated rings. The van der Waals surface area contributed by atoms with Gasteiger partial charge in [0.15, 0.2) is 0 Å². The van der Waals surface area contributed by atoms with E-state index in [1.54, 1.807) is 0 Å². The highest BCUT2D eigenvalue weighted by atomic mass is 14.8. The van der Waals surface area contributed by atoms with Crippen molar-refractivity contribution < 1.29 is 0 Å². The SMILES string of the molecule is Cc1cccc(C)c1N=CC1(C=Nc2c(C)cccc2C)CCCC1. The molecule has 2 aromatic carbocycles. The van der Waals surface area contributed by atoms with E-state index in [0.717, 1.165) is 24.2 Å². The number of hydrogen-bond donors (Lipinski definition) is 0. The molecule has 1 aliphatic rings. The van der Waals surface area contributed by atoms with Crippen LogP contribution < -0.4 is 0 Å². The van der Waals surface area contributed by atoms with Crippen molar-refractivity contribution in [3.8, 4) is 0 Å². The van der Waals surface area contributed by atoms with E-state index < -0.39 is 0 Å². The molecule has 0 N–H and O–H groups in total. The molecule has 0 amide bonds. The molecule has 1 aliphatic carbocycles. The average molecular weight is 332 g/mol. The molecule has 0 aromatic heterocycles. The first kappa shape index (κ1) is 17.6. The summed E-state index contributed by atoms with van der Waals surface area (Å²) in [5.41, 5.74) is 7.13. The van der Waals surface area contributed by atoms with E-state index in [-0.39, 0.29) is 5.41 Å². The maximum atomic E-state index is 4.90. The molecule has 0 aliphatic heterocycles. The Morgan fingerprint density at radius 3 is 1.40 bits per heavy atom. The largest absolute Gasteiger partial charge is 0.260 e. The second kappa shape index (κ2) is 7.35. The lowest BCUT2D eigenvalue weighted by atomic mass is 9.89. The van der Waals surface area contributed by atoms with Gasteiger partial charge in [-0.25, -0.2) is 0 Å². The molecule has 0 radical (unpaired) electrons. The minimum atomic E-state index is -0.0105. The lowest BCUT2D eigenvalue weighted by Crippen LogP contribution is -2.20. The fraction of sp³-hybridized carbons (Fsp3) is 0.391. The maximum absolute atomic E-state index is 4.90. The van der Waals surface area contributed by atoms with Crippen molar-refractivity contribution in [3.05, 3.63) is 58.7 Å². The average Bonchev–Trinajstić information content (AvgIpc) is 3.03. The van der Waals surface area contributed by atoms with Crippen LogP contribution in [0.15, 0.2) is 46.4 Å². The van der Waals surface area contributed by atoms with Crippen LogP contribution in [-0.2, 0) is 0 Å². The van der Waals surface area contributed by atoms with E-state index in [1.807, 2.05) is 0 Å². The predicted molar refractivity (Wildman–Crippen MR) is 109 cm³/mol. The molecular weight excluding hydrogens is 304 g/mol. The van der Waals surface area contributed by atoms with E-state index >= 15 is 0 Å². The number of nitrogens with zero attached hydrogens (tertiary/aromatic N) is 2. The van der Waals surface area contributed by atoms with Gasteiger partial charge in [0, 0.05) is 17.8 Å². The predicted octanol–water partition coefficient (Wildman–Crippen LogP) is 6.59. The first-order chi connectivity index (χ1) is 12.0. The van der Waals surface area contributed by atoms with Crippen molar-refractivity contribution in [2.45, 2.75) is 53.4 Å². The highest BCUT2D eigenvalue weighted by Crippen LogP contribution is 2.37. The Morgan fingerprint density at radius 2 is 1.04 bits per heavy atom. The number of benzene rings is 2. The summed E-state index contributed by atoms with van der Waals surface area (Å²) in [7, 11) is 0. The van der Waals surface area contributed by atoms with Gasteiger partial charge < -0.3 is 0 Å². The zero-order valence-corrected chi connectivity index (χ0v) is 15.8. The summed E-state index contributed by atoms with van der Waals surface area (Å²) in [4.78, 5) is 9.80. The molecule has 0 bridgehead atoms. The Bertz CT molecular complexity index is 705. The molecular formula is C23H28N2. The van der Waals surface area contributed by atoms with Crippen molar-refractivity contribution >= 4 is 23.8 Å². The van der Waals surface area contributed by atoms with Gasteiger partial charge in [0.1, 0.15) is 0 Å². The van der Waals surface area contributed by atoms with Gasteiger partial charge in [-0.1, -0.05) is 49.2 Å². The molecule has 0 spiro atoms. The number of hydrogen-bond acceptors (Lipinski definition) is 2.